The molecule has 0 aliphatic rings. The van der Waals surface area contributed by atoms with Gasteiger partial charge in [0.15, 0.2) is 0 Å². The lowest BCUT2D eigenvalue weighted by molar-refractivity contribution is -0.384. The topological polar surface area (TPSA) is 110 Å². The molecule has 2 N–H and O–H groups in total. The maximum atomic E-state index is 13.0. The zero-order chi connectivity index (χ0) is 15.1. The number of nitro groups is 1. The number of carbonyl (C=O) groups is 2. The Bertz CT molecular complexity index is 533. The molecular formula is C12H13FN2O5. The second-order valence-electron chi connectivity index (χ2n) is 4.07. The third kappa shape index (κ3) is 5.01. The number of aliphatic carboxylic acids is 1. The number of benzene rings is 1. The van der Waals surface area contributed by atoms with Crippen molar-refractivity contribution in [3.05, 3.63) is 34.1 Å². The van der Waals surface area contributed by atoms with Crippen LogP contribution in [0.3, 0.4) is 0 Å². The largest absolute Gasteiger partial charge is 0.481 e. The molecule has 1 rings (SSSR count). The number of unbranched alkanes of at least 4 members (excludes halogenated alkanes) is 1. The molecule has 0 radical (unpaired) electrons. The zero-order valence-electron chi connectivity index (χ0n) is 10.5. The van der Waals surface area contributed by atoms with E-state index in [1.807, 2.05) is 0 Å². The SMILES string of the molecule is O=C(O)CCCCC(=O)Nc1cc(F)ccc1[N+](=O)[O-]. The van der Waals surface area contributed by atoms with Gasteiger partial charge >= 0.3 is 5.97 Å². The highest BCUT2D eigenvalue weighted by Gasteiger charge is 2.16. The van der Waals surface area contributed by atoms with Gasteiger partial charge in [0.05, 0.1) is 4.92 Å². The number of nitrogens with one attached hydrogen (secondary N) is 1. The molecule has 0 atom stereocenters. The van der Waals surface area contributed by atoms with E-state index in [4.69, 9.17) is 5.11 Å². The summed E-state index contributed by atoms with van der Waals surface area (Å²) in [5.41, 5.74) is -0.608. The van der Waals surface area contributed by atoms with E-state index in [1.165, 1.54) is 0 Å². The Balaban J connectivity index is 2.59. The molecule has 108 valence electrons. The lowest BCUT2D eigenvalue weighted by atomic mass is 10.2. The fraction of sp³-hybridized carbons (Fsp3) is 0.333. The number of carbonyl (C=O) groups excluding carboxylic acids is 1. The molecule has 0 bridgehead atoms. The number of anilines is 1. The van der Waals surface area contributed by atoms with Crippen molar-refractivity contribution in [2.75, 3.05) is 5.32 Å². The fourth-order valence-electron chi connectivity index (χ4n) is 1.54. The lowest BCUT2D eigenvalue weighted by Crippen LogP contribution is -2.13. The number of nitrogens with zero attached hydrogens (tertiary/aromatic N) is 1. The Morgan fingerprint density at radius 1 is 1.30 bits per heavy atom. The third-order valence-electron chi connectivity index (χ3n) is 2.47. The first-order chi connectivity index (χ1) is 9.40. The molecule has 0 saturated carbocycles. The highest BCUT2D eigenvalue weighted by molar-refractivity contribution is 5.93. The van der Waals surface area contributed by atoms with Crippen molar-refractivity contribution in [3.63, 3.8) is 0 Å². The summed E-state index contributed by atoms with van der Waals surface area (Å²) in [5, 5.41) is 21.4. The molecule has 1 amide bonds. The van der Waals surface area contributed by atoms with Gasteiger partial charge in [0.1, 0.15) is 11.5 Å². The summed E-state index contributed by atoms with van der Waals surface area (Å²) in [6.45, 7) is 0. The summed E-state index contributed by atoms with van der Waals surface area (Å²) < 4.78 is 13.0. The zero-order valence-corrected chi connectivity index (χ0v) is 10.5. The van der Waals surface area contributed by atoms with Gasteiger partial charge in [-0.15, -0.1) is 0 Å². The van der Waals surface area contributed by atoms with Crippen LogP contribution in [0.2, 0.25) is 0 Å². The minimum atomic E-state index is -0.953. The second kappa shape index (κ2) is 7.17. The van der Waals surface area contributed by atoms with Gasteiger partial charge in [-0.3, -0.25) is 19.7 Å². The van der Waals surface area contributed by atoms with Crippen LogP contribution in [0.5, 0.6) is 0 Å². The Hall–Kier alpha value is -2.51. The Morgan fingerprint density at radius 2 is 1.95 bits per heavy atom. The monoisotopic (exact) mass is 284 g/mol. The first-order valence-corrected chi connectivity index (χ1v) is 5.85. The smallest absolute Gasteiger partial charge is 0.303 e. The molecule has 0 spiro atoms. The van der Waals surface area contributed by atoms with Crippen LogP contribution in [0.4, 0.5) is 15.8 Å². The van der Waals surface area contributed by atoms with E-state index in [-0.39, 0.29) is 18.5 Å². The van der Waals surface area contributed by atoms with Crippen LogP contribution in [-0.2, 0) is 9.59 Å². The minimum Gasteiger partial charge on any atom is -0.481 e. The van der Waals surface area contributed by atoms with E-state index < -0.39 is 28.3 Å². The van der Waals surface area contributed by atoms with E-state index in [0.717, 1.165) is 18.2 Å². The number of amides is 1. The summed E-state index contributed by atoms with van der Waals surface area (Å²) in [6.07, 6.45) is 0.629. The predicted molar refractivity (Wildman–Crippen MR) is 67.8 cm³/mol. The molecular weight excluding hydrogens is 271 g/mol. The van der Waals surface area contributed by atoms with E-state index in [1.54, 1.807) is 0 Å². The molecule has 0 aliphatic heterocycles. The van der Waals surface area contributed by atoms with Crippen molar-refractivity contribution < 1.29 is 24.0 Å². The van der Waals surface area contributed by atoms with Crippen LogP contribution < -0.4 is 5.32 Å². The highest BCUT2D eigenvalue weighted by atomic mass is 19.1. The Labute approximate surface area is 113 Å². The minimum absolute atomic E-state index is 0.0148. The molecule has 0 heterocycles. The Kier molecular flexibility index (Phi) is 5.57. The molecule has 0 saturated heterocycles. The summed E-state index contributed by atoms with van der Waals surface area (Å²) in [6, 6.07) is 2.77. The first-order valence-electron chi connectivity index (χ1n) is 5.85. The van der Waals surface area contributed by atoms with Crippen molar-refractivity contribution in [1.82, 2.24) is 0 Å². The average molecular weight is 284 g/mol. The molecule has 0 aromatic heterocycles. The molecule has 20 heavy (non-hydrogen) atoms. The van der Waals surface area contributed by atoms with Crippen molar-refractivity contribution in [2.45, 2.75) is 25.7 Å². The number of nitro benzene ring substituents is 1. The fourth-order valence-corrected chi connectivity index (χ4v) is 1.54. The lowest BCUT2D eigenvalue weighted by Gasteiger charge is -2.05. The van der Waals surface area contributed by atoms with Crippen LogP contribution in [-0.4, -0.2) is 21.9 Å². The molecule has 0 unspecified atom stereocenters. The van der Waals surface area contributed by atoms with Crippen LogP contribution in [0.15, 0.2) is 18.2 Å². The van der Waals surface area contributed by atoms with Crippen LogP contribution in [0.1, 0.15) is 25.7 Å². The van der Waals surface area contributed by atoms with Gasteiger partial charge < -0.3 is 10.4 Å². The standard InChI is InChI=1S/C12H13FN2O5/c13-8-5-6-10(15(19)20)9(7-8)14-11(16)3-1-2-4-12(17)18/h5-7H,1-4H2,(H,14,16)(H,17,18). The van der Waals surface area contributed by atoms with Crippen molar-refractivity contribution >= 4 is 23.3 Å². The Morgan fingerprint density at radius 3 is 2.55 bits per heavy atom. The van der Waals surface area contributed by atoms with Crippen LogP contribution in [0.25, 0.3) is 0 Å². The maximum absolute atomic E-state index is 13.0. The number of hydrogen-bond donors (Lipinski definition) is 2. The molecule has 0 aliphatic carbocycles. The van der Waals surface area contributed by atoms with Crippen LogP contribution >= 0.6 is 0 Å². The number of halogens is 1. The number of rotatable bonds is 7. The molecule has 7 nitrogen and oxygen atoms in total. The third-order valence-corrected chi connectivity index (χ3v) is 2.47. The van der Waals surface area contributed by atoms with E-state index >= 15 is 0 Å². The van der Waals surface area contributed by atoms with Gasteiger partial charge in [-0.1, -0.05) is 0 Å². The molecule has 1 aromatic rings. The van der Waals surface area contributed by atoms with Gasteiger partial charge in [0.2, 0.25) is 5.91 Å². The predicted octanol–water partition coefficient (Wildman–Crippen LogP) is 2.32. The molecule has 8 heteroatoms. The van der Waals surface area contributed by atoms with E-state index in [9.17, 15) is 24.1 Å². The summed E-state index contributed by atoms with van der Waals surface area (Å²) in [5.74, 6) is -2.17. The second-order valence-corrected chi connectivity index (χ2v) is 4.07. The molecule has 0 fully saturated rings. The quantitative estimate of drug-likeness (QED) is 0.453. The van der Waals surface area contributed by atoms with Crippen molar-refractivity contribution in [2.24, 2.45) is 0 Å². The summed E-state index contributed by atoms with van der Waals surface area (Å²) in [7, 11) is 0. The van der Waals surface area contributed by atoms with Gasteiger partial charge in [0.25, 0.3) is 5.69 Å². The summed E-state index contributed by atoms with van der Waals surface area (Å²) in [4.78, 5) is 31.8. The number of carboxylic acids is 1. The van der Waals surface area contributed by atoms with E-state index in [2.05, 4.69) is 5.32 Å². The van der Waals surface area contributed by atoms with Gasteiger partial charge in [-0.25, -0.2) is 4.39 Å². The highest BCUT2D eigenvalue weighted by Crippen LogP contribution is 2.25. The van der Waals surface area contributed by atoms with E-state index in [0.29, 0.717) is 12.8 Å². The average Bonchev–Trinajstić information content (AvgIpc) is 2.34. The normalized spacial score (nSPS) is 10.1. The van der Waals surface area contributed by atoms with Gasteiger partial charge in [0, 0.05) is 25.0 Å². The summed E-state index contributed by atoms with van der Waals surface area (Å²) >= 11 is 0. The van der Waals surface area contributed by atoms with Gasteiger partial charge in [-0.2, -0.15) is 0 Å². The van der Waals surface area contributed by atoms with Gasteiger partial charge in [-0.05, 0) is 18.9 Å². The maximum Gasteiger partial charge on any atom is 0.303 e. The molecule has 1 aromatic carbocycles. The first kappa shape index (κ1) is 15.5. The number of carboxylic acid groups (broad SMARTS) is 1. The van der Waals surface area contributed by atoms with Crippen molar-refractivity contribution in [3.8, 4) is 0 Å². The van der Waals surface area contributed by atoms with Crippen molar-refractivity contribution in [1.29, 1.82) is 0 Å². The number of hydrogen-bond acceptors (Lipinski definition) is 4. The van der Waals surface area contributed by atoms with Crippen LogP contribution in [0, 0.1) is 15.9 Å².